The van der Waals surface area contributed by atoms with Crippen molar-refractivity contribution in [3.63, 3.8) is 0 Å². The lowest BCUT2D eigenvalue weighted by molar-refractivity contribution is -0.384. The van der Waals surface area contributed by atoms with Gasteiger partial charge in [-0.15, -0.1) is 0 Å². The van der Waals surface area contributed by atoms with Crippen molar-refractivity contribution in [3.05, 3.63) is 76.0 Å². The second kappa shape index (κ2) is 9.43. The molecule has 154 valence electrons. The molecule has 0 aliphatic carbocycles. The van der Waals surface area contributed by atoms with Crippen LogP contribution in [0.5, 0.6) is 0 Å². The minimum Gasteiger partial charge on any atom is -0.383 e. The fourth-order valence-electron chi connectivity index (χ4n) is 2.70. The SMILES string of the molecule is COCCNc1ccc(C(=O)NNC(=O)c2ccc3ccccc3n2)cc1[N+](=O)[O-]. The Labute approximate surface area is 171 Å². The predicted octanol–water partition coefficient (Wildman–Crippen LogP) is 2.28. The van der Waals surface area contributed by atoms with Gasteiger partial charge in [-0.1, -0.05) is 24.3 Å². The molecule has 3 aromatic rings. The molecule has 3 N–H and O–H groups in total. The number of carbonyl (C=O) groups is 2. The summed E-state index contributed by atoms with van der Waals surface area (Å²) < 4.78 is 4.90. The number of hydrogen-bond acceptors (Lipinski definition) is 7. The molecule has 0 bridgehead atoms. The Hall–Kier alpha value is -4.05. The molecule has 10 nitrogen and oxygen atoms in total. The number of nitrogens with one attached hydrogen (secondary N) is 3. The van der Waals surface area contributed by atoms with Crippen LogP contribution in [0.1, 0.15) is 20.8 Å². The van der Waals surface area contributed by atoms with E-state index >= 15 is 0 Å². The summed E-state index contributed by atoms with van der Waals surface area (Å²) in [6.07, 6.45) is 0. The van der Waals surface area contributed by atoms with Gasteiger partial charge in [-0.05, 0) is 24.3 Å². The van der Waals surface area contributed by atoms with E-state index in [1.807, 2.05) is 12.1 Å². The van der Waals surface area contributed by atoms with Crippen molar-refractivity contribution >= 4 is 34.1 Å². The number of rotatable bonds is 7. The smallest absolute Gasteiger partial charge is 0.293 e. The first-order valence-corrected chi connectivity index (χ1v) is 8.97. The number of hydrogen-bond donors (Lipinski definition) is 3. The Balaban J connectivity index is 1.68. The van der Waals surface area contributed by atoms with E-state index in [4.69, 9.17) is 4.74 Å². The molecule has 0 spiro atoms. The molecule has 10 heteroatoms. The van der Waals surface area contributed by atoms with Gasteiger partial charge in [0.2, 0.25) is 0 Å². The predicted molar refractivity (Wildman–Crippen MR) is 110 cm³/mol. The van der Waals surface area contributed by atoms with Crippen LogP contribution in [0.4, 0.5) is 11.4 Å². The number of nitrogens with zero attached hydrogens (tertiary/aromatic N) is 2. The Morgan fingerprint density at radius 2 is 1.83 bits per heavy atom. The molecule has 2 aromatic carbocycles. The number of para-hydroxylation sites is 1. The number of carbonyl (C=O) groups excluding carboxylic acids is 2. The third kappa shape index (κ3) is 4.86. The van der Waals surface area contributed by atoms with Gasteiger partial charge in [0.05, 0.1) is 17.0 Å². The first kappa shape index (κ1) is 20.7. The highest BCUT2D eigenvalue weighted by molar-refractivity contribution is 5.99. The van der Waals surface area contributed by atoms with Gasteiger partial charge in [0.1, 0.15) is 11.4 Å². The molecule has 30 heavy (non-hydrogen) atoms. The van der Waals surface area contributed by atoms with Crippen molar-refractivity contribution in [2.45, 2.75) is 0 Å². The van der Waals surface area contributed by atoms with Crippen LogP contribution in [-0.2, 0) is 4.74 Å². The molecular weight excluding hydrogens is 390 g/mol. The first-order chi connectivity index (χ1) is 14.5. The standard InChI is InChI=1S/C20H19N5O5/c1-30-11-10-21-16-8-7-14(12-18(16)25(28)29)19(26)23-24-20(27)17-9-6-13-4-2-3-5-15(13)22-17/h2-9,12,21H,10-11H2,1H3,(H,23,26)(H,24,27). The molecule has 1 aromatic heterocycles. The molecule has 0 unspecified atom stereocenters. The minimum atomic E-state index is -0.698. The van der Waals surface area contributed by atoms with E-state index in [1.54, 1.807) is 18.2 Å². The Kier molecular flexibility index (Phi) is 6.50. The zero-order valence-corrected chi connectivity index (χ0v) is 16.0. The van der Waals surface area contributed by atoms with E-state index in [2.05, 4.69) is 21.2 Å². The molecule has 0 saturated carbocycles. The molecule has 0 radical (unpaired) electrons. The molecule has 3 rings (SSSR count). The summed E-state index contributed by atoms with van der Waals surface area (Å²) in [4.78, 5) is 39.6. The molecule has 2 amide bonds. The van der Waals surface area contributed by atoms with Gasteiger partial charge in [0.25, 0.3) is 17.5 Å². The molecule has 0 aliphatic heterocycles. The van der Waals surface area contributed by atoms with Gasteiger partial charge >= 0.3 is 0 Å². The van der Waals surface area contributed by atoms with Crippen LogP contribution in [0.25, 0.3) is 10.9 Å². The monoisotopic (exact) mass is 409 g/mol. The summed E-state index contributed by atoms with van der Waals surface area (Å²) in [5.74, 6) is -1.31. The number of ether oxygens (including phenoxy) is 1. The fraction of sp³-hybridized carbons (Fsp3) is 0.150. The number of pyridine rings is 1. The van der Waals surface area contributed by atoms with Gasteiger partial charge < -0.3 is 10.1 Å². The highest BCUT2D eigenvalue weighted by atomic mass is 16.6. The number of hydrazine groups is 1. The normalized spacial score (nSPS) is 10.4. The average Bonchev–Trinajstić information content (AvgIpc) is 2.77. The largest absolute Gasteiger partial charge is 0.383 e. The zero-order chi connectivity index (χ0) is 21.5. The first-order valence-electron chi connectivity index (χ1n) is 8.97. The van der Waals surface area contributed by atoms with Gasteiger partial charge in [-0.25, -0.2) is 4.98 Å². The number of fused-ring (bicyclic) bond motifs is 1. The van der Waals surface area contributed by atoms with Crippen molar-refractivity contribution in [2.75, 3.05) is 25.6 Å². The maximum absolute atomic E-state index is 12.3. The van der Waals surface area contributed by atoms with Gasteiger partial charge in [-0.3, -0.25) is 30.6 Å². The molecule has 0 fully saturated rings. The third-order valence-corrected chi connectivity index (χ3v) is 4.20. The zero-order valence-electron chi connectivity index (χ0n) is 16.0. The van der Waals surface area contributed by atoms with Crippen molar-refractivity contribution < 1.29 is 19.2 Å². The van der Waals surface area contributed by atoms with Crippen LogP contribution in [0.15, 0.2) is 54.6 Å². The van der Waals surface area contributed by atoms with Crippen molar-refractivity contribution in [1.82, 2.24) is 15.8 Å². The maximum atomic E-state index is 12.3. The second-order valence-electron chi connectivity index (χ2n) is 6.21. The number of methoxy groups -OCH3 is 1. The van der Waals surface area contributed by atoms with Gasteiger partial charge in [-0.2, -0.15) is 0 Å². The Morgan fingerprint density at radius 1 is 1.07 bits per heavy atom. The molecule has 1 heterocycles. The molecule has 0 aliphatic rings. The lowest BCUT2D eigenvalue weighted by atomic mass is 10.1. The number of benzene rings is 2. The van der Waals surface area contributed by atoms with Crippen molar-refractivity contribution in [3.8, 4) is 0 Å². The van der Waals surface area contributed by atoms with E-state index in [0.717, 1.165) is 11.5 Å². The van der Waals surface area contributed by atoms with E-state index in [1.165, 1.54) is 25.3 Å². The highest BCUT2D eigenvalue weighted by Crippen LogP contribution is 2.25. The van der Waals surface area contributed by atoms with Crippen molar-refractivity contribution in [1.29, 1.82) is 0 Å². The number of aromatic nitrogens is 1. The maximum Gasteiger partial charge on any atom is 0.293 e. The Bertz CT molecular complexity index is 1100. The number of amides is 2. The highest BCUT2D eigenvalue weighted by Gasteiger charge is 2.18. The molecule has 0 atom stereocenters. The fourth-order valence-corrected chi connectivity index (χ4v) is 2.70. The average molecular weight is 409 g/mol. The summed E-state index contributed by atoms with van der Waals surface area (Å²) in [5, 5.41) is 15.1. The second-order valence-corrected chi connectivity index (χ2v) is 6.21. The summed E-state index contributed by atoms with van der Waals surface area (Å²) >= 11 is 0. The number of nitro benzene ring substituents is 1. The van der Waals surface area contributed by atoms with Gasteiger partial charge in [0.15, 0.2) is 0 Å². The van der Waals surface area contributed by atoms with Crippen LogP contribution >= 0.6 is 0 Å². The topological polar surface area (TPSA) is 135 Å². The summed E-state index contributed by atoms with van der Waals surface area (Å²) in [6, 6.07) is 14.6. The summed E-state index contributed by atoms with van der Waals surface area (Å²) in [6.45, 7) is 0.742. The van der Waals surface area contributed by atoms with Crippen molar-refractivity contribution in [2.24, 2.45) is 0 Å². The molecule has 0 saturated heterocycles. The lowest BCUT2D eigenvalue weighted by Gasteiger charge is -2.10. The van der Waals surface area contributed by atoms with E-state index in [-0.39, 0.29) is 22.6 Å². The summed E-state index contributed by atoms with van der Waals surface area (Å²) in [7, 11) is 1.52. The number of nitro groups is 1. The van der Waals surface area contributed by atoms with E-state index in [0.29, 0.717) is 18.7 Å². The van der Waals surface area contributed by atoms with E-state index in [9.17, 15) is 19.7 Å². The third-order valence-electron chi connectivity index (χ3n) is 4.20. The van der Waals surface area contributed by atoms with Crippen LogP contribution in [0.3, 0.4) is 0 Å². The van der Waals surface area contributed by atoms with E-state index < -0.39 is 16.7 Å². The van der Waals surface area contributed by atoms with Crippen LogP contribution in [0.2, 0.25) is 0 Å². The minimum absolute atomic E-state index is 0.0192. The van der Waals surface area contributed by atoms with Gasteiger partial charge in [0, 0.05) is 30.7 Å². The van der Waals surface area contributed by atoms with Crippen LogP contribution < -0.4 is 16.2 Å². The van der Waals surface area contributed by atoms with Crippen LogP contribution in [-0.4, -0.2) is 42.0 Å². The molecular formula is C20H19N5O5. The van der Waals surface area contributed by atoms with Crippen LogP contribution in [0, 0.1) is 10.1 Å². The number of anilines is 1. The summed E-state index contributed by atoms with van der Waals surface area (Å²) in [5.41, 5.74) is 5.29. The quantitative estimate of drug-likeness (QED) is 0.309. The Morgan fingerprint density at radius 3 is 2.60 bits per heavy atom. The lowest BCUT2D eigenvalue weighted by Crippen LogP contribution is -2.42.